The molecule has 0 bridgehead atoms. The van der Waals surface area contributed by atoms with Gasteiger partial charge in [0, 0.05) is 72.7 Å². The fourth-order valence-corrected chi connectivity index (χ4v) is 9.09. The van der Waals surface area contributed by atoms with Crippen molar-refractivity contribution in [1.29, 1.82) is 10.5 Å². The van der Waals surface area contributed by atoms with E-state index in [-0.39, 0.29) is 104 Å². The summed E-state index contributed by atoms with van der Waals surface area (Å²) < 4.78 is 0. The summed E-state index contributed by atoms with van der Waals surface area (Å²) >= 11 is 0. The molecule has 20 nitrogen and oxygen atoms in total. The largest absolute Gasteiger partial charge is 0.493 e. The molecule has 0 fully saturated rings. The number of azo groups is 1. The van der Waals surface area contributed by atoms with Gasteiger partial charge in [-0.2, -0.15) is 15.6 Å². The molecule has 460 valence electrons. The van der Waals surface area contributed by atoms with Gasteiger partial charge in [0.1, 0.15) is 23.5 Å². The van der Waals surface area contributed by atoms with Crippen molar-refractivity contribution >= 4 is 47.6 Å². The number of aliphatic hydroxyl groups is 2. The van der Waals surface area contributed by atoms with Gasteiger partial charge in [-0.3, -0.25) is 34.2 Å². The lowest BCUT2D eigenvalue weighted by molar-refractivity contribution is -0.105. The Morgan fingerprint density at radius 2 is 0.857 bits per heavy atom. The summed E-state index contributed by atoms with van der Waals surface area (Å²) in [5.74, 6) is -1.78. The van der Waals surface area contributed by atoms with E-state index in [0.717, 1.165) is 103 Å². The summed E-state index contributed by atoms with van der Waals surface area (Å²) in [6.07, 6.45) is 16.1. The van der Waals surface area contributed by atoms with E-state index in [1.165, 1.54) is 50.2 Å². The van der Waals surface area contributed by atoms with Gasteiger partial charge in [-0.25, -0.2) is 0 Å². The van der Waals surface area contributed by atoms with Crippen LogP contribution in [0.1, 0.15) is 213 Å². The van der Waals surface area contributed by atoms with Crippen LogP contribution in [0.3, 0.4) is 0 Å². The van der Waals surface area contributed by atoms with Gasteiger partial charge >= 0.3 is 0 Å². The van der Waals surface area contributed by atoms with Gasteiger partial charge in [-0.1, -0.05) is 132 Å². The summed E-state index contributed by atoms with van der Waals surface area (Å²) in [6, 6.07) is 12.6. The number of carbonyl (C=O) groups is 6. The number of hydrogen-bond donors (Lipinski definition) is 10. The Morgan fingerprint density at radius 1 is 0.512 bits per heavy atom. The van der Waals surface area contributed by atoms with Crippen LogP contribution in [0.25, 0.3) is 0 Å². The standard InChI is InChI=1S/C64H96N12O8/c1-11-19-23-45(15-5)37-69-59(79)49-29-50(60(80)70-38-46(16-6)24-20-12-2)32-55(31-49)73-75-57(43(9)53(35-65)41-77)63(83)67-27-28-68-64(84)58(44(10)54(36-66)42-78)76-74-56-33-51(61(81)71-39-47(17-7)25-21-13-3)30-52(34-56)62(82)72-40-48(18-8)26-22-14-4/h29-34,41-42,45-48,67-68,73,75,83-84H,11-28,37-40H2,1-10H3,(H,69,79)(H,70,80)(H,71,81)(H,72,82)/b53-43-,54-44-,63-57-,64-58-,76-74+. The second-order valence-electron chi connectivity index (χ2n) is 21.3. The van der Waals surface area contributed by atoms with Crippen LogP contribution < -0.4 is 42.8 Å². The molecule has 84 heavy (non-hydrogen) atoms. The average molecular weight is 1160 g/mol. The van der Waals surface area contributed by atoms with Crippen molar-refractivity contribution in [2.24, 2.45) is 33.9 Å². The van der Waals surface area contributed by atoms with Crippen molar-refractivity contribution < 1.29 is 39.0 Å². The Hall–Kier alpha value is -8.00. The zero-order valence-corrected chi connectivity index (χ0v) is 51.6. The van der Waals surface area contributed by atoms with Gasteiger partial charge in [-0.05, 0) is 99.6 Å². The molecule has 0 heterocycles. The van der Waals surface area contributed by atoms with Crippen molar-refractivity contribution in [2.75, 3.05) is 44.7 Å². The molecule has 0 aliphatic heterocycles. The van der Waals surface area contributed by atoms with Gasteiger partial charge < -0.3 is 47.5 Å². The highest BCUT2D eigenvalue weighted by Gasteiger charge is 2.21. The maximum absolute atomic E-state index is 13.7. The molecule has 0 aliphatic carbocycles. The molecule has 4 atom stereocenters. The van der Waals surface area contributed by atoms with Gasteiger partial charge in [0.15, 0.2) is 12.6 Å². The van der Waals surface area contributed by atoms with E-state index in [9.17, 15) is 49.5 Å². The fourth-order valence-electron chi connectivity index (χ4n) is 9.09. The second-order valence-corrected chi connectivity index (χ2v) is 21.3. The third-order valence-corrected chi connectivity index (χ3v) is 15.1. The number of carbonyl (C=O) groups excluding carboxylic acids is 6. The Bertz CT molecular complexity index is 2620. The molecule has 0 radical (unpaired) electrons. The number of aliphatic hydroxyl groups excluding tert-OH is 2. The van der Waals surface area contributed by atoms with Crippen molar-refractivity contribution in [3.63, 3.8) is 0 Å². The number of nitriles is 2. The Labute approximate surface area is 499 Å². The van der Waals surface area contributed by atoms with Crippen molar-refractivity contribution in [1.82, 2.24) is 37.3 Å². The lowest BCUT2D eigenvalue weighted by Gasteiger charge is -2.19. The molecule has 2 aromatic rings. The number of nitrogens with zero attached hydrogens (tertiary/aromatic N) is 4. The molecule has 4 amide bonds. The molecule has 2 aromatic carbocycles. The SMILES string of the molecule is CCCCC(CC)CNC(=O)c1cc(/N=N/C(=C(\O)NCCN/C(O)=C(NNc2cc(C(=O)NCC(CC)CCCC)cc(C(=O)NCC(CC)CCCC)c2)\C(C)=C(\C#N)C=O)C(/C)=C(/C#N)C=O)cc(C(=O)NCC(CC)CCCC)c1. The molecular formula is C64H96N12O8. The number of nitrogens with one attached hydrogen (secondary N) is 8. The van der Waals surface area contributed by atoms with Gasteiger partial charge in [0.05, 0.1) is 22.5 Å². The summed E-state index contributed by atoms with van der Waals surface area (Å²) in [5.41, 5.74) is 5.52. The summed E-state index contributed by atoms with van der Waals surface area (Å²) in [5, 5.41) is 68.9. The number of allylic oxidation sites excluding steroid dienone is 4. The molecule has 2 rings (SSSR count). The zero-order valence-electron chi connectivity index (χ0n) is 51.6. The smallest absolute Gasteiger partial charge is 0.251 e. The zero-order chi connectivity index (χ0) is 62.4. The maximum Gasteiger partial charge on any atom is 0.251 e. The summed E-state index contributed by atoms with van der Waals surface area (Å²) in [6.45, 7) is 21.0. The van der Waals surface area contributed by atoms with E-state index in [0.29, 0.717) is 38.8 Å². The lowest BCUT2D eigenvalue weighted by Crippen LogP contribution is -2.33. The number of hydrogen-bond acceptors (Lipinski definition) is 16. The van der Waals surface area contributed by atoms with Crippen LogP contribution in [0.5, 0.6) is 0 Å². The van der Waals surface area contributed by atoms with Crippen LogP contribution in [0.15, 0.2) is 92.1 Å². The minimum atomic E-state index is -0.636. The summed E-state index contributed by atoms with van der Waals surface area (Å²) in [4.78, 5) is 79.0. The number of rotatable bonds is 42. The van der Waals surface area contributed by atoms with Gasteiger partial charge in [-0.15, -0.1) is 5.11 Å². The van der Waals surface area contributed by atoms with E-state index in [1.807, 2.05) is 6.07 Å². The molecule has 20 heteroatoms. The maximum atomic E-state index is 13.7. The normalized spacial score (nSPS) is 13.9. The first-order valence-corrected chi connectivity index (χ1v) is 30.3. The molecule has 0 aliphatic rings. The third-order valence-electron chi connectivity index (χ3n) is 15.1. The number of unbranched alkanes of at least 4 members (excludes halogenated alkanes) is 4. The third kappa shape index (κ3) is 25.2. The first-order valence-electron chi connectivity index (χ1n) is 30.3. The predicted octanol–water partition coefficient (Wildman–Crippen LogP) is 11.9. The van der Waals surface area contributed by atoms with Crippen LogP contribution in [-0.4, -0.2) is 85.7 Å². The topological polar surface area (TPSA) is 311 Å². The predicted molar refractivity (Wildman–Crippen MR) is 331 cm³/mol. The first kappa shape index (κ1) is 72.1. The molecule has 0 saturated heterocycles. The van der Waals surface area contributed by atoms with Crippen LogP contribution >= 0.6 is 0 Å². The number of amides is 4. The van der Waals surface area contributed by atoms with E-state index in [4.69, 9.17) is 0 Å². The number of hydrazine groups is 1. The van der Waals surface area contributed by atoms with Crippen molar-refractivity contribution in [2.45, 2.75) is 172 Å². The number of aldehydes is 2. The highest BCUT2D eigenvalue weighted by molar-refractivity contribution is 6.02. The molecule has 0 saturated carbocycles. The number of anilines is 1. The van der Waals surface area contributed by atoms with Crippen molar-refractivity contribution in [3.05, 3.63) is 104 Å². The first-order chi connectivity index (χ1) is 40.5. The molecule has 4 unspecified atom stereocenters. The Balaban J connectivity index is 2.62. The van der Waals surface area contributed by atoms with Crippen LogP contribution in [-0.2, 0) is 9.59 Å². The molecular weight excluding hydrogens is 1060 g/mol. The number of benzene rings is 2. The van der Waals surface area contributed by atoms with E-state index >= 15 is 0 Å². The minimum absolute atomic E-state index is 0.0146. The minimum Gasteiger partial charge on any atom is -0.493 e. The van der Waals surface area contributed by atoms with E-state index in [1.54, 1.807) is 6.07 Å². The highest BCUT2D eigenvalue weighted by Crippen LogP contribution is 2.25. The summed E-state index contributed by atoms with van der Waals surface area (Å²) in [7, 11) is 0. The van der Waals surface area contributed by atoms with E-state index in [2.05, 4.69) is 108 Å². The van der Waals surface area contributed by atoms with Crippen LogP contribution in [0.2, 0.25) is 0 Å². The van der Waals surface area contributed by atoms with E-state index < -0.39 is 35.4 Å². The van der Waals surface area contributed by atoms with Crippen LogP contribution in [0, 0.1) is 46.3 Å². The molecule has 10 N–H and O–H groups in total. The van der Waals surface area contributed by atoms with Gasteiger partial charge in [0.25, 0.3) is 23.6 Å². The Morgan fingerprint density at radius 3 is 1.19 bits per heavy atom. The second kappa shape index (κ2) is 41.1. The van der Waals surface area contributed by atoms with Gasteiger partial charge in [0.2, 0.25) is 11.8 Å². The quantitative estimate of drug-likeness (QED) is 0.00432. The highest BCUT2D eigenvalue weighted by atomic mass is 16.3. The monoisotopic (exact) mass is 1160 g/mol. The molecule has 0 aromatic heterocycles. The van der Waals surface area contributed by atoms with Crippen LogP contribution in [0.4, 0.5) is 11.4 Å². The molecule has 0 spiro atoms. The lowest BCUT2D eigenvalue weighted by atomic mass is 9.99. The fraction of sp³-hybridized carbons (Fsp3) is 0.562. The Kier molecular flexibility index (Phi) is 35.3. The van der Waals surface area contributed by atoms with Crippen molar-refractivity contribution in [3.8, 4) is 12.1 Å². The average Bonchev–Trinajstić information content (AvgIpc) is 3.67.